The Kier molecular flexibility index (Phi) is 4.91. The van der Waals surface area contributed by atoms with E-state index in [1.165, 1.54) is 44.2 Å². The van der Waals surface area contributed by atoms with Crippen molar-refractivity contribution in [2.24, 2.45) is 5.92 Å². The monoisotopic (exact) mass is 333 g/mol. The van der Waals surface area contributed by atoms with Crippen LogP contribution >= 0.6 is 27.5 Å². The summed E-state index contributed by atoms with van der Waals surface area (Å²) in [5.41, 5.74) is 0.818. The second-order valence-corrected chi connectivity index (χ2v) is 6.28. The number of hydrogen-bond acceptors (Lipinski definition) is 1. The lowest BCUT2D eigenvalue weighted by atomic mass is 9.84. The number of nitrogens with one attached hydrogen (secondary N) is 1. The molecule has 1 nitrogen and oxygen atoms in total. The fourth-order valence-electron chi connectivity index (χ4n) is 2.60. The van der Waals surface area contributed by atoms with Crippen molar-refractivity contribution in [2.75, 3.05) is 5.32 Å². The first-order chi connectivity index (χ1) is 8.60. The van der Waals surface area contributed by atoms with Gasteiger partial charge in [-0.1, -0.05) is 24.9 Å². The first-order valence-corrected chi connectivity index (χ1v) is 7.68. The van der Waals surface area contributed by atoms with Crippen LogP contribution in [0.3, 0.4) is 0 Å². The average Bonchev–Trinajstić information content (AvgIpc) is 2.34. The van der Waals surface area contributed by atoms with Crippen molar-refractivity contribution in [2.45, 2.75) is 45.1 Å². The maximum atomic E-state index is 13.1. The molecule has 1 fully saturated rings. The molecule has 1 aromatic rings. The summed E-state index contributed by atoms with van der Waals surface area (Å²) in [5.74, 6) is 0.558. The Morgan fingerprint density at radius 1 is 1.33 bits per heavy atom. The van der Waals surface area contributed by atoms with Crippen LogP contribution in [0.2, 0.25) is 5.02 Å². The largest absolute Gasteiger partial charge is 0.380 e. The Hall–Kier alpha value is -0.280. The van der Waals surface area contributed by atoms with Crippen molar-refractivity contribution in [3.63, 3.8) is 0 Å². The lowest BCUT2D eigenvalue weighted by Gasteiger charge is -2.29. The van der Waals surface area contributed by atoms with E-state index in [1.807, 2.05) is 0 Å². The van der Waals surface area contributed by atoms with E-state index in [0.29, 0.717) is 15.5 Å². The van der Waals surface area contributed by atoms with Crippen LogP contribution in [0.1, 0.15) is 39.0 Å². The van der Waals surface area contributed by atoms with Gasteiger partial charge in [-0.2, -0.15) is 0 Å². The zero-order valence-corrected chi connectivity index (χ0v) is 12.8. The highest BCUT2D eigenvalue weighted by Gasteiger charge is 2.21. The van der Waals surface area contributed by atoms with Crippen LogP contribution in [-0.4, -0.2) is 6.04 Å². The first-order valence-electron chi connectivity index (χ1n) is 6.51. The molecule has 0 aliphatic heterocycles. The Labute approximate surface area is 121 Å². The van der Waals surface area contributed by atoms with E-state index < -0.39 is 0 Å². The summed E-state index contributed by atoms with van der Waals surface area (Å²) >= 11 is 9.44. The van der Waals surface area contributed by atoms with Crippen molar-refractivity contribution in [3.05, 3.63) is 27.4 Å². The predicted molar refractivity (Wildman–Crippen MR) is 78.8 cm³/mol. The van der Waals surface area contributed by atoms with E-state index in [4.69, 9.17) is 11.6 Å². The number of hydrogen-bond donors (Lipinski definition) is 1. The van der Waals surface area contributed by atoms with Gasteiger partial charge in [-0.05, 0) is 59.7 Å². The first kappa shape index (κ1) is 14.1. The SMILES string of the molecule is CCC1CCC(Nc2c(Cl)cc(F)cc2Br)CC1. The summed E-state index contributed by atoms with van der Waals surface area (Å²) in [5, 5.41) is 3.89. The normalized spacial score (nSPS) is 24.0. The summed E-state index contributed by atoms with van der Waals surface area (Å²) < 4.78 is 13.8. The van der Waals surface area contributed by atoms with Gasteiger partial charge in [0.2, 0.25) is 0 Å². The van der Waals surface area contributed by atoms with Crippen molar-refractivity contribution < 1.29 is 4.39 Å². The molecular formula is C14H18BrClFN. The lowest BCUT2D eigenvalue weighted by Crippen LogP contribution is -2.26. The van der Waals surface area contributed by atoms with Crippen molar-refractivity contribution in [1.29, 1.82) is 0 Å². The maximum Gasteiger partial charge on any atom is 0.125 e. The van der Waals surface area contributed by atoms with Gasteiger partial charge >= 0.3 is 0 Å². The minimum atomic E-state index is -0.313. The summed E-state index contributed by atoms with van der Waals surface area (Å²) in [6, 6.07) is 3.25. The third-order valence-corrected chi connectivity index (χ3v) is 4.70. The lowest BCUT2D eigenvalue weighted by molar-refractivity contribution is 0.330. The third-order valence-electron chi connectivity index (χ3n) is 3.78. The van der Waals surface area contributed by atoms with Gasteiger partial charge in [0.25, 0.3) is 0 Å². The molecular weight excluding hydrogens is 317 g/mol. The minimum absolute atomic E-state index is 0.313. The van der Waals surface area contributed by atoms with Gasteiger partial charge in [-0.25, -0.2) is 4.39 Å². The molecule has 18 heavy (non-hydrogen) atoms. The van der Waals surface area contributed by atoms with Crippen LogP contribution in [0.4, 0.5) is 10.1 Å². The van der Waals surface area contributed by atoms with E-state index in [-0.39, 0.29) is 5.82 Å². The van der Waals surface area contributed by atoms with Gasteiger partial charge in [-0.15, -0.1) is 0 Å². The molecule has 0 bridgehead atoms. The zero-order valence-electron chi connectivity index (χ0n) is 10.5. The average molecular weight is 335 g/mol. The second kappa shape index (κ2) is 6.25. The molecule has 4 heteroatoms. The summed E-state index contributed by atoms with van der Waals surface area (Å²) in [7, 11) is 0. The van der Waals surface area contributed by atoms with Crippen molar-refractivity contribution in [3.8, 4) is 0 Å². The van der Waals surface area contributed by atoms with Gasteiger partial charge in [0.05, 0.1) is 10.7 Å². The molecule has 0 atom stereocenters. The predicted octanol–water partition coefficient (Wildman–Crippen LogP) is 5.62. The standard InChI is InChI=1S/C14H18BrClFN/c1-2-9-3-5-11(6-4-9)18-14-12(15)7-10(17)8-13(14)16/h7-9,11,18H,2-6H2,1H3. The Morgan fingerprint density at radius 3 is 2.56 bits per heavy atom. The quantitative estimate of drug-likeness (QED) is 0.756. The van der Waals surface area contributed by atoms with Gasteiger partial charge in [0.15, 0.2) is 0 Å². The highest BCUT2D eigenvalue weighted by molar-refractivity contribution is 9.10. The van der Waals surface area contributed by atoms with E-state index in [2.05, 4.69) is 28.2 Å². The molecule has 0 spiro atoms. The van der Waals surface area contributed by atoms with Gasteiger partial charge in [0, 0.05) is 10.5 Å². The third kappa shape index (κ3) is 3.39. The fourth-order valence-corrected chi connectivity index (χ4v) is 3.52. The highest BCUT2D eigenvalue weighted by atomic mass is 79.9. The molecule has 1 aromatic carbocycles. The Balaban J connectivity index is 2.02. The van der Waals surface area contributed by atoms with E-state index in [9.17, 15) is 4.39 Å². The molecule has 0 radical (unpaired) electrons. The van der Waals surface area contributed by atoms with Crippen LogP contribution in [-0.2, 0) is 0 Å². The molecule has 1 N–H and O–H groups in total. The summed E-state index contributed by atoms with van der Waals surface area (Å²) in [4.78, 5) is 0. The number of benzene rings is 1. The molecule has 2 rings (SSSR count). The van der Waals surface area contributed by atoms with Gasteiger partial charge < -0.3 is 5.32 Å². The number of rotatable bonds is 3. The number of halogens is 3. The maximum absolute atomic E-state index is 13.1. The van der Waals surface area contributed by atoms with E-state index >= 15 is 0 Å². The smallest absolute Gasteiger partial charge is 0.125 e. The molecule has 0 amide bonds. The molecule has 0 heterocycles. The Morgan fingerprint density at radius 2 is 2.00 bits per heavy atom. The van der Waals surface area contributed by atoms with Crippen molar-refractivity contribution >= 4 is 33.2 Å². The molecule has 0 aromatic heterocycles. The molecule has 0 saturated heterocycles. The number of anilines is 1. The van der Waals surface area contributed by atoms with Crippen LogP contribution in [0.25, 0.3) is 0 Å². The van der Waals surface area contributed by atoms with E-state index in [0.717, 1.165) is 11.6 Å². The second-order valence-electron chi connectivity index (χ2n) is 5.01. The summed E-state index contributed by atoms with van der Waals surface area (Å²) in [6.45, 7) is 2.26. The Bertz CT molecular complexity index is 393. The molecule has 1 aliphatic rings. The fraction of sp³-hybridized carbons (Fsp3) is 0.571. The van der Waals surface area contributed by atoms with Crippen LogP contribution < -0.4 is 5.32 Å². The van der Waals surface area contributed by atoms with E-state index in [1.54, 1.807) is 0 Å². The van der Waals surface area contributed by atoms with Crippen LogP contribution in [0.15, 0.2) is 16.6 Å². The van der Waals surface area contributed by atoms with Crippen LogP contribution in [0, 0.1) is 11.7 Å². The minimum Gasteiger partial charge on any atom is -0.380 e. The zero-order chi connectivity index (χ0) is 13.1. The topological polar surface area (TPSA) is 12.0 Å². The van der Waals surface area contributed by atoms with Crippen LogP contribution in [0.5, 0.6) is 0 Å². The molecule has 1 aliphatic carbocycles. The molecule has 100 valence electrons. The summed E-state index contributed by atoms with van der Waals surface area (Å²) in [6.07, 6.45) is 6.14. The van der Waals surface area contributed by atoms with Gasteiger partial charge in [0.1, 0.15) is 5.82 Å². The van der Waals surface area contributed by atoms with Crippen molar-refractivity contribution in [1.82, 2.24) is 0 Å². The molecule has 0 unspecified atom stereocenters. The molecule has 1 saturated carbocycles. The van der Waals surface area contributed by atoms with Gasteiger partial charge in [-0.3, -0.25) is 0 Å². The highest BCUT2D eigenvalue weighted by Crippen LogP contribution is 2.35.